The number of fused-ring (bicyclic) bond motifs is 3. The number of aryl methyl sites for hydroxylation is 2. The van der Waals surface area contributed by atoms with E-state index in [1.807, 2.05) is 0 Å². The maximum Gasteiger partial charge on any atom is 0.0465 e. The minimum atomic E-state index is -0.101. The number of hydrogen-bond acceptors (Lipinski definition) is 2. The van der Waals surface area contributed by atoms with E-state index < -0.39 is 0 Å². The van der Waals surface area contributed by atoms with E-state index in [0.29, 0.717) is 0 Å². The molecular formula is C47H40N2. The Bertz CT molecular complexity index is 2090. The summed E-state index contributed by atoms with van der Waals surface area (Å²) in [7, 11) is 0. The van der Waals surface area contributed by atoms with Gasteiger partial charge in [-0.3, -0.25) is 0 Å². The van der Waals surface area contributed by atoms with Gasteiger partial charge in [0.15, 0.2) is 0 Å². The molecule has 0 spiro atoms. The molecule has 0 fully saturated rings. The molecule has 1 aliphatic rings. The fraction of sp³-hybridized carbons (Fsp3) is 0.106. The van der Waals surface area contributed by atoms with Gasteiger partial charge >= 0.3 is 0 Å². The zero-order valence-corrected chi connectivity index (χ0v) is 28.1. The van der Waals surface area contributed by atoms with Gasteiger partial charge in [-0.2, -0.15) is 0 Å². The van der Waals surface area contributed by atoms with Crippen LogP contribution in [0.25, 0.3) is 11.1 Å². The SMILES string of the molecule is CC1(C)c2cc(CCc3ccc(N(c4ccccc4)c4ccccc4)cc3)ccc2-c2ccc(N(c3ccccc3)c3ccccc3)cc21. The maximum absolute atomic E-state index is 2.46. The van der Waals surface area contributed by atoms with Gasteiger partial charge in [-0.15, -0.1) is 0 Å². The molecule has 7 aromatic rings. The predicted molar refractivity (Wildman–Crippen MR) is 207 cm³/mol. The Morgan fingerprint density at radius 1 is 0.347 bits per heavy atom. The molecule has 238 valence electrons. The van der Waals surface area contributed by atoms with Crippen LogP contribution in [0.5, 0.6) is 0 Å². The first kappa shape index (κ1) is 30.5. The van der Waals surface area contributed by atoms with Gasteiger partial charge in [0.2, 0.25) is 0 Å². The van der Waals surface area contributed by atoms with Crippen LogP contribution in [-0.4, -0.2) is 0 Å². The first-order valence-electron chi connectivity index (χ1n) is 17.2. The van der Waals surface area contributed by atoms with Crippen LogP contribution in [-0.2, 0) is 18.3 Å². The van der Waals surface area contributed by atoms with E-state index in [1.165, 1.54) is 39.1 Å². The first-order valence-corrected chi connectivity index (χ1v) is 17.2. The topological polar surface area (TPSA) is 6.48 Å². The molecule has 0 heterocycles. The molecule has 0 saturated carbocycles. The lowest BCUT2D eigenvalue weighted by Gasteiger charge is -2.28. The van der Waals surface area contributed by atoms with Gasteiger partial charge in [0.05, 0.1) is 0 Å². The third-order valence-corrected chi connectivity index (χ3v) is 9.94. The van der Waals surface area contributed by atoms with Crippen LogP contribution >= 0.6 is 0 Å². The average Bonchev–Trinajstić information content (AvgIpc) is 3.38. The summed E-state index contributed by atoms with van der Waals surface area (Å²) in [6.45, 7) is 4.76. The second kappa shape index (κ2) is 13.0. The van der Waals surface area contributed by atoms with Crippen LogP contribution in [0.3, 0.4) is 0 Å². The Morgan fingerprint density at radius 3 is 1.18 bits per heavy atom. The molecule has 7 aromatic carbocycles. The molecule has 0 aromatic heterocycles. The van der Waals surface area contributed by atoms with Crippen LogP contribution in [0.1, 0.15) is 36.1 Å². The zero-order valence-electron chi connectivity index (χ0n) is 28.1. The molecule has 0 atom stereocenters. The van der Waals surface area contributed by atoms with E-state index in [9.17, 15) is 0 Å². The molecule has 0 amide bonds. The summed E-state index contributed by atoms with van der Waals surface area (Å²) < 4.78 is 0. The first-order chi connectivity index (χ1) is 24.1. The van der Waals surface area contributed by atoms with Crippen molar-refractivity contribution in [1.82, 2.24) is 0 Å². The van der Waals surface area contributed by atoms with Gasteiger partial charge in [0, 0.05) is 39.5 Å². The van der Waals surface area contributed by atoms with E-state index in [-0.39, 0.29) is 5.41 Å². The summed E-state index contributed by atoms with van der Waals surface area (Å²) in [5.74, 6) is 0. The second-order valence-electron chi connectivity index (χ2n) is 13.4. The molecule has 0 saturated heterocycles. The molecule has 0 unspecified atom stereocenters. The summed E-state index contributed by atoms with van der Waals surface area (Å²) in [5.41, 5.74) is 15.1. The van der Waals surface area contributed by atoms with Crippen molar-refractivity contribution in [2.45, 2.75) is 32.1 Å². The van der Waals surface area contributed by atoms with Crippen LogP contribution in [0.15, 0.2) is 182 Å². The lowest BCUT2D eigenvalue weighted by molar-refractivity contribution is 0.659. The Hall–Kier alpha value is -5.86. The number of rotatable bonds is 9. The molecular weight excluding hydrogens is 593 g/mol. The summed E-state index contributed by atoms with van der Waals surface area (Å²) in [6, 6.07) is 65.7. The van der Waals surface area contributed by atoms with Crippen molar-refractivity contribution in [3.8, 4) is 11.1 Å². The van der Waals surface area contributed by atoms with E-state index in [0.717, 1.165) is 41.3 Å². The van der Waals surface area contributed by atoms with Crippen LogP contribution in [0, 0.1) is 0 Å². The zero-order chi connectivity index (χ0) is 33.2. The van der Waals surface area contributed by atoms with Crippen LogP contribution in [0.4, 0.5) is 34.1 Å². The Kier molecular flexibility index (Phi) is 8.07. The van der Waals surface area contributed by atoms with Crippen molar-refractivity contribution in [2.75, 3.05) is 9.80 Å². The van der Waals surface area contributed by atoms with Gasteiger partial charge in [-0.05, 0) is 119 Å². The fourth-order valence-electron chi connectivity index (χ4n) is 7.37. The highest BCUT2D eigenvalue weighted by Crippen LogP contribution is 2.51. The van der Waals surface area contributed by atoms with Gasteiger partial charge in [-0.1, -0.05) is 123 Å². The molecule has 49 heavy (non-hydrogen) atoms. The van der Waals surface area contributed by atoms with Crippen molar-refractivity contribution >= 4 is 34.1 Å². The van der Waals surface area contributed by atoms with Gasteiger partial charge in [0.25, 0.3) is 0 Å². The van der Waals surface area contributed by atoms with Gasteiger partial charge < -0.3 is 9.80 Å². The monoisotopic (exact) mass is 632 g/mol. The molecule has 8 rings (SSSR count). The summed E-state index contributed by atoms with van der Waals surface area (Å²) in [6.07, 6.45) is 2.00. The third-order valence-electron chi connectivity index (χ3n) is 9.94. The molecule has 2 heteroatoms. The van der Waals surface area contributed by atoms with Gasteiger partial charge in [0.1, 0.15) is 0 Å². The standard InChI is InChI=1S/C47H40N2/c1-47(2)45-33-36(24-23-35-25-28-41(29-26-35)48(37-15-7-3-8-16-37)38-17-9-4-10-18-38)27-31-43(45)44-32-30-42(34-46(44)47)49(39-19-11-5-12-20-39)40-21-13-6-14-22-40/h3-22,25-34H,23-24H2,1-2H3. The average molecular weight is 633 g/mol. The second-order valence-corrected chi connectivity index (χ2v) is 13.4. The third kappa shape index (κ3) is 5.91. The van der Waals surface area contributed by atoms with Crippen LogP contribution < -0.4 is 9.80 Å². The largest absolute Gasteiger partial charge is 0.311 e. The number of para-hydroxylation sites is 4. The highest BCUT2D eigenvalue weighted by atomic mass is 15.1. The lowest BCUT2D eigenvalue weighted by Crippen LogP contribution is -2.17. The van der Waals surface area contributed by atoms with Crippen molar-refractivity contribution in [3.63, 3.8) is 0 Å². The summed E-state index contributed by atoms with van der Waals surface area (Å²) in [5, 5.41) is 0. The van der Waals surface area contributed by atoms with E-state index in [1.54, 1.807) is 0 Å². The Balaban J connectivity index is 1.04. The number of anilines is 6. The lowest BCUT2D eigenvalue weighted by atomic mass is 9.81. The molecule has 0 N–H and O–H groups in total. The summed E-state index contributed by atoms with van der Waals surface area (Å²) >= 11 is 0. The maximum atomic E-state index is 2.46. The highest BCUT2D eigenvalue weighted by molar-refractivity contribution is 5.85. The Labute approximate surface area is 290 Å². The van der Waals surface area contributed by atoms with E-state index >= 15 is 0 Å². The quantitative estimate of drug-likeness (QED) is 0.156. The molecule has 0 bridgehead atoms. The minimum Gasteiger partial charge on any atom is -0.311 e. The summed E-state index contributed by atoms with van der Waals surface area (Å²) in [4.78, 5) is 4.67. The van der Waals surface area contributed by atoms with E-state index in [2.05, 4.69) is 206 Å². The van der Waals surface area contributed by atoms with Crippen molar-refractivity contribution in [2.24, 2.45) is 0 Å². The van der Waals surface area contributed by atoms with Crippen LogP contribution in [0.2, 0.25) is 0 Å². The van der Waals surface area contributed by atoms with E-state index in [4.69, 9.17) is 0 Å². The normalized spacial score (nSPS) is 12.6. The van der Waals surface area contributed by atoms with Crippen molar-refractivity contribution < 1.29 is 0 Å². The fourth-order valence-corrected chi connectivity index (χ4v) is 7.37. The minimum absolute atomic E-state index is 0.101. The molecule has 0 aliphatic heterocycles. The predicted octanol–water partition coefficient (Wildman–Crippen LogP) is 12.7. The number of benzene rings is 7. The highest BCUT2D eigenvalue weighted by Gasteiger charge is 2.36. The Morgan fingerprint density at radius 2 is 0.694 bits per heavy atom. The molecule has 1 aliphatic carbocycles. The smallest absolute Gasteiger partial charge is 0.0465 e. The molecule has 0 radical (unpaired) electrons. The van der Waals surface area contributed by atoms with Crippen molar-refractivity contribution in [3.05, 3.63) is 204 Å². The number of hydrogen-bond donors (Lipinski definition) is 0. The molecule has 2 nitrogen and oxygen atoms in total. The number of nitrogens with zero attached hydrogens (tertiary/aromatic N) is 2. The van der Waals surface area contributed by atoms with Gasteiger partial charge in [-0.25, -0.2) is 0 Å². The van der Waals surface area contributed by atoms with Crippen molar-refractivity contribution in [1.29, 1.82) is 0 Å².